The van der Waals surface area contributed by atoms with Gasteiger partial charge in [-0.15, -0.1) is 0 Å². The average Bonchev–Trinajstić information content (AvgIpc) is 2.26. The molecule has 0 bridgehead atoms. The Bertz CT molecular complexity index is 354. The van der Waals surface area contributed by atoms with Crippen molar-refractivity contribution >= 4 is 5.95 Å². The second-order valence-electron chi connectivity index (χ2n) is 4.42. The van der Waals surface area contributed by atoms with Crippen LogP contribution >= 0.6 is 0 Å². The van der Waals surface area contributed by atoms with Gasteiger partial charge in [0.2, 0.25) is 17.7 Å². The van der Waals surface area contributed by atoms with E-state index in [4.69, 9.17) is 9.47 Å². The van der Waals surface area contributed by atoms with Crippen molar-refractivity contribution in [3.05, 3.63) is 6.07 Å². The largest absolute Gasteiger partial charge is 0.481 e. The first kappa shape index (κ1) is 13.5. The van der Waals surface area contributed by atoms with Crippen molar-refractivity contribution in [2.75, 3.05) is 32.7 Å². The highest BCUT2D eigenvalue weighted by Crippen LogP contribution is 2.20. The SMILES string of the molecule is COc1cc(OC)nc(N(C)CC(C)(C)O)n1. The van der Waals surface area contributed by atoms with Crippen LogP contribution in [0.4, 0.5) is 5.95 Å². The van der Waals surface area contributed by atoms with Gasteiger partial charge in [0.15, 0.2) is 0 Å². The zero-order valence-electron chi connectivity index (χ0n) is 10.9. The molecule has 0 fully saturated rings. The molecule has 0 saturated heterocycles. The first-order valence-electron chi connectivity index (χ1n) is 5.26. The number of aliphatic hydroxyl groups is 1. The summed E-state index contributed by atoms with van der Waals surface area (Å²) in [5.41, 5.74) is -0.825. The van der Waals surface area contributed by atoms with Crippen LogP contribution in [0.3, 0.4) is 0 Å². The van der Waals surface area contributed by atoms with Crippen LogP contribution in [-0.2, 0) is 0 Å². The maximum absolute atomic E-state index is 9.74. The molecule has 0 radical (unpaired) electrons. The Morgan fingerprint density at radius 2 is 1.71 bits per heavy atom. The van der Waals surface area contributed by atoms with Crippen LogP contribution in [0.5, 0.6) is 11.8 Å². The number of rotatable bonds is 5. The topological polar surface area (TPSA) is 67.7 Å². The van der Waals surface area contributed by atoms with E-state index in [1.54, 1.807) is 31.9 Å². The Kier molecular flexibility index (Phi) is 4.11. The van der Waals surface area contributed by atoms with Crippen molar-refractivity contribution in [3.63, 3.8) is 0 Å². The predicted molar refractivity (Wildman–Crippen MR) is 64.7 cm³/mol. The van der Waals surface area contributed by atoms with Crippen molar-refractivity contribution < 1.29 is 14.6 Å². The van der Waals surface area contributed by atoms with Crippen molar-refractivity contribution in [1.82, 2.24) is 9.97 Å². The van der Waals surface area contributed by atoms with Gasteiger partial charge in [-0.25, -0.2) is 0 Å². The molecule has 0 aliphatic rings. The van der Waals surface area contributed by atoms with E-state index in [2.05, 4.69) is 9.97 Å². The second-order valence-corrected chi connectivity index (χ2v) is 4.42. The summed E-state index contributed by atoms with van der Waals surface area (Å²) in [5, 5.41) is 9.74. The molecule has 6 heteroatoms. The van der Waals surface area contributed by atoms with Gasteiger partial charge in [-0.05, 0) is 13.8 Å². The standard InChI is InChI=1S/C11H19N3O3/c1-11(2,15)7-14(3)10-12-8(16-4)6-9(13-10)17-5/h6,15H,7H2,1-5H3. The molecule has 1 aromatic rings. The fraction of sp³-hybridized carbons (Fsp3) is 0.636. The molecule has 1 heterocycles. The minimum Gasteiger partial charge on any atom is -0.481 e. The van der Waals surface area contributed by atoms with E-state index in [0.717, 1.165) is 0 Å². The van der Waals surface area contributed by atoms with Crippen LogP contribution < -0.4 is 14.4 Å². The van der Waals surface area contributed by atoms with Gasteiger partial charge >= 0.3 is 0 Å². The third-order valence-corrected chi connectivity index (χ3v) is 2.05. The summed E-state index contributed by atoms with van der Waals surface area (Å²) in [6.07, 6.45) is 0. The molecule has 17 heavy (non-hydrogen) atoms. The van der Waals surface area contributed by atoms with Crippen LogP contribution in [0.1, 0.15) is 13.8 Å². The van der Waals surface area contributed by atoms with Gasteiger partial charge in [0.25, 0.3) is 0 Å². The Labute approximate surface area is 101 Å². The van der Waals surface area contributed by atoms with Crippen LogP contribution in [0.15, 0.2) is 6.07 Å². The molecule has 0 atom stereocenters. The van der Waals surface area contributed by atoms with E-state index in [1.807, 2.05) is 0 Å². The van der Waals surface area contributed by atoms with E-state index in [0.29, 0.717) is 24.3 Å². The summed E-state index contributed by atoms with van der Waals surface area (Å²) in [6.45, 7) is 3.85. The lowest BCUT2D eigenvalue weighted by molar-refractivity contribution is 0.0882. The van der Waals surface area contributed by atoms with Crippen LogP contribution in [0.2, 0.25) is 0 Å². The number of hydrogen-bond donors (Lipinski definition) is 1. The molecular weight excluding hydrogens is 222 g/mol. The lowest BCUT2D eigenvalue weighted by Gasteiger charge is -2.25. The summed E-state index contributed by atoms with van der Waals surface area (Å²) >= 11 is 0. The van der Waals surface area contributed by atoms with E-state index < -0.39 is 5.60 Å². The number of likely N-dealkylation sites (N-methyl/N-ethyl adjacent to an activating group) is 1. The minimum absolute atomic E-state index is 0.406. The number of ether oxygens (including phenoxy) is 2. The molecule has 0 aliphatic heterocycles. The maximum Gasteiger partial charge on any atom is 0.231 e. The van der Waals surface area contributed by atoms with Gasteiger partial charge in [-0.2, -0.15) is 9.97 Å². The van der Waals surface area contributed by atoms with Gasteiger partial charge in [0, 0.05) is 13.6 Å². The minimum atomic E-state index is -0.825. The summed E-state index contributed by atoms with van der Waals surface area (Å²) < 4.78 is 10.1. The Balaban J connectivity index is 2.96. The van der Waals surface area contributed by atoms with Crippen LogP contribution in [0, 0.1) is 0 Å². The monoisotopic (exact) mass is 241 g/mol. The summed E-state index contributed by atoms with van der Waals surface area (Å²) in [6, 6.07) is 1.60. The van der Waals surface area contributed by atoms with Crippen molar-refractivity contribution in [2.45, 2.75) is 19.4 Å². The average molecular weight is 241 g/mol. The maximum atomic E-state index is 9.74. The van der Waals surface area contributed by atoms with Gasteiger partial charge in [-0.1, -0.05) is 0 Å². The smallest absolute Gasteiger partial charge is 0.231 e. The molecule has 1 rings (SSSR count). The van der Waals surface area contributed by atoms with Gasteiger partial charge < -0.3 is 19.5 Å². The number of methoxy groups -OCH3 is 2. The molecule has 96 valence electrons. The van der Waals surface area contributed by atoms with Gasteiger partial charge in [-0.3, -0.25) is 0 Å². The quantitative estimate of drug-likeness (QED) is 0.818. The lowest BCUT2D eigenvalue weighted by atomic mass is 10.1. The van der Waals surface area contributed by atoms with Gasteiger partial charge in [0.1, 0.15) is 0 Å². The molecule has 0 aromatic carbocycles. The third-order valence-electron chi connectivity index (χ3n) is 2.05. The van der Waals surface area contributed by atoms with E-state index in [9.17, 15) is 5.11 Å². The zero-order chi connectivity index (χ0) is 13.1. The molecule has 0 amide bonds. The first-order valence-corrected chi connectivity index (χ1v) is 5.26. The molecular formula is C11H19N3O3. The lowest BCUT2D eigenvalue weighted by Crippen LogP contribution is -2.37. The first-order chi connectivity index (χ1) is 7.85. The molecule has 6 nitrogen and oxygen atoms in total. The number of aromatic nitrogens is 2. The Morgan fingerprint density at radius 1 is 1.24 bits per heavy atom. The van der Waals surface area contributed by atoms with E-state index in [-0.39, 0.29) is 0 Å². The summed E-state index contributed by atoms with van der Waals surface area (Å²) in [5.74, 6) is 1.30. The predicted octanol–water partition coefficient (Wildman–Crippen LogP) is 0.701. The highest BCUT2D eigenvalue weighted by Gasteiger charge is 2.18. The number of nitrogens with zero attached hydrogens (tertiary/aromatic N) is 3. The summed E-state index contributed by atoms with van der Waals surface area (Å²) in [4.78, 5) is 10.1. The van der Waals surface area contributed by atoms with Crippen molar-refractivity contribution in [1.29, 1.82) is 0 Å². The summed E-state index contributed by atoms with van der Waals surface area (Å²) in [7, 11) is 4.86. The Hall–Kier alpha value is -1.56. The van der Waals surface area contributed by atoms with Crippen molar-refractivity contribution in [3.8, 4) is 11.8 Å². The van der Waals surface area contributed by atoms with Crippen LogP contribution in [0.25, 0.3) is 0 Å². The molecule has 1 N–H and O–H groups in total. The fourth-order valence-corrected chi connectivity index (χ4v) is 1.42. The second kappa shape index (κ2) is 5.18. The van der Waals surface area contributed by atoms with Gasteiger partial charge in [0.05, 0.1) is 25.9 Å². The molecule has 0 aliphatic carbocycles. The third kappa shape index (κ3) is 4.07. The van der Waals surface area contributed by atoms with Crippen LogP contribution in [-0.4, -0.2) is 48.5 Å². The van der Waals surface area contributed by atoms with Crippen molar-refractivity contribution in [2.24, 2.45) is 0 Å². The highest BCUT2D eigenvalue weighted by molar-refractivity contribution is 5.36. The van der Waals surface area contributed by atoms with E-state index in [1.165, 1.54) is 14.2 Å². The van der Waals surface area contributed by atoms with E-state index >= 15 is 0 Å². The fourth-order valence-electron chi connectivity index (χ4n) is 1.42. The number of hydrogen-bond acceptors (Lipinski definition) is 6. The number of anilines is 1. The Morgan fingerprint density at radius 3 is 2.06 bits per heavy atom. The zero-order valence-corrected chi connectivity index (χ0v) is 10.9. The highest BCUT2D eigenvalue weighted by atomic mass is 16.5. The molecule has 0 saturated carbocycles. The normalized spacial score (nSPS) is 11.2. The molecule has 1 aromatic heterocycles. The molecule has 0 unspecified atom stereocenters. The molecule has 0 spiro atoms.